The van der Waals surface area contributed by atoms with Crippen molar-refractivity contribution >= 4 is 17.1 Å². The van der Waals surface area contributed by atoms with Crippen LogP contribution in [0.15, 0.2) is 34.9 Å². The van der Waals surface area contributed by atoms with Crippen molar-refractivity contribution in [1.29, 1.82) is 0 Å². The van der Waals surface area contributed by atoms with Crippen LogP contribution in [0.1, 0.15) is 27.2 Å². The van der Waals surface area contributed by atoms with Crippen molar-refractivity contribution in [2.45, 2.75) is 20.0 Å². The van der Waals surface area contributed by atoms with Gasteiger partial charge in [-0.1, -0.05) is 6.92 Å². The highest BCUT2D eigenvalue weighted by molar-refractivity contribution is 7.14. The predicted molar refractivity (Wildman–Crippen MR) is 66.4 cm³/mol. The molecule has 0 spiro atoms. The average Bonchev–Trinajstić information content (AvgIpc) is 2.99. The Morgan fingerprint density at radius 3 is 2.94 bits per heavy atom. The van der Waals surface area contributed by atoms with E-state index < -0.39 is 0 Å². The maximum Gasteiger partial charge on any atom is 0.198 e. The number of Topliss-reactive ketones (excluding diaryl/α,β-unsaturated/α-hetero) is 1. The van der Waals surface area contributed by atoms with Crippen LogP contribution in [0.25, 0.3) is 0 Å². The van der Waals surface area contributed by atoms with E-state index in [1.807, 2.05) is 18.2 Å². The molecule has 0 aliphatic rings. The zero-order valence-electron chi connectivity index (χ0n) is 9.64. The average molecular weight is 250 g/mol. The maximum atomic E-state index is 11.8. The summed E-state index contributed by atoms with van der Waals surface area (Å²) in [4.78, 5) is 13.7. The first-order chi connectivity index (χ1) is 8.29. The number of ketones is 1. The van der Waals surface area contributed by atoms with Crippen molar-refractivity contribution in [3.63, 3.8) is 0 Å². The van der Waals surface area contributed by atoms with Crippen molar-refractivity contribution in [1.82, 2.24) is 0 Å². The predicted octanol–water partition coefficient (Wildman–Crippen LogP) is 3.30. The van der Waals surface area contributed by atoms with Crippen LogP contribution in [-0.4, -0.2) is 12.4 Å². The van der Waals surface area contributed by atoms with Gasteiger partial charge in [0.1, 0.15) is 19.0 Å². The minimum absolute atomic E-state index is 0.0289. The molecule has 2 rings (SSSR count). The fourth-order valence-electron chi connectivity index (χ4n) is 1.43. The molecule has 90 valence electrons. The highest BCUT2D eigenvalue weighted by atomic mass is 32.1. The number of hydrogen-bond donors (Lipinski definition) is 0. The van der Waals surface area contributed by atoms with Gasteiger partial charge in [-0.3, -0.25) is 4.79 Å². The molecule has 0 radical (unpaired) electrons. The Kier molecular flexibility index (Phi) is 4.12. The molecule has 0 fully saturated rings. The first kappa shape index (κ1) is 12.1. The van der Waals surface area contributed by atoms with Crippen molar-refractivity contribution in [3.05, 3.63) is 46.0 Å². The lowest BCUT2D eigenvalue weighted by molar-refractivity contribution is 0.0695. The first-order valence-electron chi connectivity index (χ1n) is 5.51. The third-order valence-electron chi connectivity index (χ3n) is 2.34. The minimum Gasteiger partial charge on any atom is -0.467 e. The number of carbonyl (C=O) groups excluding carboxylic acids is 1. The summed E-state index contributed by atoms with van der Waals surface area (Å²) in [6, 6.07) is 7.48. The van der Waals surface area contributed by atoms with E-state index in [-0.39, 0.29) is 12.4 Å². The van der Waals surface area contributed by atoms with Crippen LogP contribution in [0.3, 0.4) is 0 Å². The normalized spacial score (nSPS) is 10.6. The summed E-state index contributed by atoms with van der Waals surface area (Å²) >= 11 is 1.54. The van der Waals surface area contributed by atoms with Crippen LogP contribution in [0.2, 0.25) is 0 Å². The van der Waals surface area contributed by atoms with Crippen LogP contribution < -0.4 is 0 Å². The Morgan fingerprint density at radius 1 is 1.41 bits per heavy atom. The van der Waals surface area contributed by atoms with Gasteiger partial charge in [0, 0.05) is 4.88 Å². The Bertz CT molecular complexity index is 471. The second kappa shape index (κ2) is 5.80. The second-order valence-corrected chi connectivity index (χ2v) is 4.78. The number of hydrogen-bond acceptors (Lipinski definition) is 4. The van der Waals surface area contributed by atoms with E-state index in [1.165, 1.54) is 16.2 Å². The Morgan fingerprint density at radius 2 is 2.29 bits per heavy atom. The molecule has 3 nitrogen and oxygen atoms in total. The summed E-state index contributed by atoms with van der Waals surface area (Å²) < 4.78 is 10.4. The van der Waals surface area contributed by atoms with Gasteiger partial charge in [0.05, 0.1) is 11.1 Å². The molecule has 0 amide bonds. The van der Waals surface area contributed by atoms with E-state index in [9.17, 15) is 4.79 Å². The maximum absolute atomic E-state index is 11.8. The molecule has 0 unspecified atom stereocenters. The molecule has 4 heteroatoms. The first-order valence-corrected chi connectivity index (χ1v) is 6.33. The van der Waals surface area contributed by atoms with Gasteiger partial charge < -0.3 is 9.15 Å². The molecule has 0 aliphatic heterocycles. The Hall–Kier alpha value is -1.39. The molecule has 0 bridgehead atoms. The summed E-state index contributed by atoms with van der Waals surface area (Å²) in [6.07, 6.45) is 2.55. The standard InChI is InChI=1S/C13H14O3S/c1-2-11-5-6-13(17-11)12(14)9-15-8-10-4-3-7-16-10/h3-7H,2,8-9H2,1H3. The van der Waals surface area contributed by atoms with Gasteiger partial charge in [-0.2, -0.15) is 0 Å². The van der Waals surface area contributed by atoms with E-state index >= 15 is 0 Å². The molecule has 17 heavy (non-hydrogen) atoms. The molecule has 0 N–H and O–H groups in total. The summed E-state index contributed by atoms with van der Waals surface area (Å²) in [6.45, 7) is 2.52. The Labute approximate surface area is 104 Å². The van der Waals surface area contributed by atoms with Crippen molar-refractivity contribution in [3.8, 4) is 0 Å². The molecule has 0 aromatic carbocycles. The number of ether oxygens (including phenoxy) is 1. The van der Waals surface area contributed by atoms with E-state index in [0.717, 1.165) is 17.1 Å². The topological polar surface area (TPSA) is 39.4 Å². The number of rotatable bonds is 6. The van der Waals surface area contributed by atoms with E-state index in [2.05, 4.69) is 6.92 Å². The van der Waals surface area contributed by atoms with Crippen molar-refractivity contribution in [2.24, 2.45) is 0 Å². The highest BCUT2D eigenvalue weighted by Crippen LogP contribution is 2.17. The monoisotopic (exact) mass is 250 g/mol. The molecule has 2 aromatic rings. The zero-order valence-corrected chi connectivity index (χ0v) is 10.5. The van der Waals surface area contributed by atoms with Gasteiger partial charge in [-0.05, 0) is 30.7 Å². The lowest BCUT2D eigenvalue weighted by atomic mass is 10.3. The summed E-state index contributed by atoms with van der Waals surface area (Å²) in [5, 5.41) is 0. The molecular weight excluding hydrogens is 236 g/mol. The van der Waals surface area contributed by atoms with Crippen LogP contribution in [0.5, 0.6) is 0 Å². The van der Waals surface area contributed by atoms with Crippen LogP contribution in [0.4, 0.5) is 0 Å². The molecule has 2 aromatic heterocycles. The number of carbonyl (C=O) groups is 1. The fourth-order valence-corrected chi connectivity index (χ4v) is 2.30. The molecule has 2 heterocycles. The minimum atomic E-state index is 0.0289. The van der Waals surface area contributed by atoms with Gasteiger partial charge in [-0.15, -0.1) is 11.3 Å². The number of aryl methyl sites for hydroxylation is 1. The molecule has 0 atom stereocenters. The number of furan rings is 1. The van der Waals surface area contributed by atoms with Crippen LogP contribution >= 0.6 is 11.3 Å². The van der Waals surface area contributed by atoms with Crippen molar-refractivity contribution < 1.29 is 13.9 Å². The third-order valence-corrected chi connectivity index (χ3v) is 3.61. The lowest BCUT2D eigenvalue weighted by Gasteiger charge is -1.99. The van der Waals surface area contributed by atoms with E-state index in [1.54, 1.807) is 12.3 Å². The van der Waals surface area contributed by atoms with Crippen LogP contribution in [-0.2, 0) is 17.8 Å². The summed E-state index contributed by atoms with van der Waals surface area (Å²) in [5.41, 5.74) is 0. The fraction of sp³-hybridized carbons (Fsp3) is 0.308. The molecular formula is C13H14O3S. The zero-order chi connectivity index (χ0) is 12.1. The summed E-state index contributed by atoms with van der Waals surface area (Å²) in [7, 11) is 0. The quantitative estimate of drug-likeness (QED) is 0.738. The summed E-state index contributed by atoms with van der Waals surface area (Å²) in [5.74, 6) is 0.763. The third kappa shape index (κ3) is 3.28. The Balaban J connectivity index is 1.81. The second-order valence-electron chi connectivity index (χ2n) is 3.61. The number of thiophene rings is 1. The van der Waals surface area contributed by atoms with Gasteiger partial charge in [0.2, 0.25) is 0 Å². The molecule has 0 saturated heterocycles. The van der Waals surface area contributed by atoms with Crippen molar-refractivity contribution in [2.75, 3.05) is 6.61 Å². The SMILES string of the molecule is CCc1ccc(C(=O)COCc2ccco2)s1. The van der Waals surface area contributed by atoms with E-state index in [4.69, 9.17) is 9.15 Å². The van der Waals surface area contributed by atoms with Gasteiger partial charge in [-0.25, -0.2) is 0 Å². The van der Waals surface area contributed by atoms with Gasteiger partial charge in [0.25, 0.3) is 0 Å². The van der Waals surface area contributed by atoms with Gasteiger partial charge >= 0.3 is 0 Å². The highest BCUT2D eigenvalue weighted by Gasteiger charge is 2.09. The van der Waals surface area contributed by atoms with Gasteiger partial charge in [0.15, 0.2) is 5.78 Å². The smallest absolute Gasteiger partial charge is 0.198 e. The van der Waals surface area contributed by atoms with E-state index in [0.29, 0.717) is 6.61 Å². The lowest BCUT2D eigenvalue weighted by Crippen LogP contribution is -2.07. The molecule has 0 aliphatic carbocycles. The van der Waals surface area contributed by atoms with Crippen LogP contribution in [0, 0.1) is 0 Å². The largest absolute Gasteiger partial charge is 0.467 e. The molecule has 0 saturated carbocycles.